The van der Waals surface area contributed by atoms with Gasteiger partial charge in [0.15, 0.2) is 0 Å². The summed E-state index contributed by atoms with van der Waals surface area (Å²) in [5.74, 6) is -0.716. The van der Waals surface area contributed by atoms with Crippen molar-refractivity contribution in [3.63, 3.8) is 0 Å². The first-order chi connectivity index (χ1) is 14.8. The van der Waals surface area contributed by atoms with Gasteiger partial charge in [0, 0.05) is 26.2 Å². The van der Waals surface area contributed by atoms with E-state index in [2.05, 4.69) is 5.32 Å². The number of carbonyl (C=O) groups excluding carboxylic acids is 3. The molecule has 3 amide bonds. The SMILES string of the molecule is Cc1ccc([C@H](CC(=O)OC(C)C)NC(=O)[C@H]2CCCN(C(=O)N3CCCC3)C2)cc1. The molecule has 1 N–H and O–H groups in total. The van der Waals surface area contributed by atoms with Crippen molar-refractivity contribution in [2.45, 2.75) is 65.0 Å². The Labute approximate surface area is 185 Å². The van der Waals surface area contributed by atoms with Gasteiger partial charge < -0.3 is 19.9 Å². The molecule has 0 aliphatic carbocycles. The van der Waals surface area contributed by atoms with Gasteiger partial charge in [-0.1, -0.05) is 29.8 Å². The largest absolute Gasteiger partial charge is 0.463 e. The molecule has 0 bridgehead atoms. The summed E-state index contributed by atoms with van der Waals surface area (Å²) in [5.41, 5.74) is 1.99. The first kappa shape index (κ1) is 23.1. The van der Waals surface area contributed by atoms with Crippen molar-refractivity contribution < 1.29 is 19.1 Å². The van der Waals surface area contributed by atoms with E-state index in [0.29, 0.717) is 13.1 Å². The van der Waals surface area contributed by atoms with Crippen molar-refractivity contribution >= 4 is 17.9 Å². The molecule has 7 nitrogen and oxygen atoms in total. The molecule has 0 spiro atoms. The number of rotatable bonds is 6. The summed E-state index contributed by atoms with van der Waals surface area (Å²) in [6.07, 6.45) is 3.53. The molecule has 0 unspecified atom stereocenters. The van der Waals surface area contributed by atoms with E-state index in [1.165, 1.54) is 0 Å². The van der Waals surface area contributed by atoms with Crippen LogP contribution in [0.3, 0.4) is 0 Å². The van der Waals surface area contributed by atoms with Gasteiger partial charge >= 0.3 is 12.0 Å². The average molecular weight is 430 g/mol. The molecule has 1 aromatic rings. The van der Waals surface area contributed by atoms with Crippen LogP contribution in [0.25, 0.3) is 0 Å². The number of piperidine rings is 1. The molecule has 31 heavy (non-hydrogen) atoms. The van der Waals surface area contributed by atoms with Gasteiger partial charge in [-0.15, -0.1) is 0 Å². The summed E-state index contributed by atoms with van der Waals surface area (Å²) in [6, 6.07) is 7.41. The van der Waals surface area contributed by atoms with Gasteiger partial charge in [0.2, 0.25) is 5.91 Å². The summed E-state index contributed by atoms with van der Waals surface area (Å²) >= 11 is 0. The lowest BCUT2D eigenvalue weighted by Crippen LogP contribution is -2.50. The van der Waals surface area contributed by atoms with Crippen molar-refractivity contribution in [1.82, 2.24) is 15.1 Å². The minimum atomic E-state index is -0.455. The average Bonchev–Trinajstić information content (AvgIpc) is 3.27. The van der Waals surface area contributed by atoms with Gasteiger partial charge in [0.05, 0.1) is 24.5 Å². The van der Waals surface area contributed by atoms with Crippen molar-refractivity contribution in [3.05, 3.63) is 35.4 Å². The molecule has 170 valence electrons. The van der Waals surface area contributed by atoms with Crippen LogP contribution in [0.1, 0.15) is 63.1 Å². The lowest BCUT2D eigenvalue weighted by atomic mass is 9.95. The number of benzene rings is 1. The smallest absolute Gasteiger partial charge is 0.320 e. The van der Waals surface area contributed by atoms with Crippen molar-refractivity contribution in [3.8, 4) is 0 Å². The number of carbonyl (C=O) groups is 3. The maximum Gasteiger partial charge on any atom is 0.320 e. The van der Waals surface area contributed by atoms with Crippen LogP contribution >= 0.6 is 0 Å². The standard InChI is InChI=1S/C24H35N3O4/c1-17(2)31-22(28)15-21(19-10-8-18(3)9-11-19)25-23(29)20-7-6-14-27(16-20)24(30)26-12-4-5-13-26/h8-11,17,20-21H,4-7,12-16H2,1-3H3,(H,25,29)/t20-,21-/m0/s1. The minimum absolute atomic E-state index is 0.0468. The number of likely N-dealkylation sites (tertiary alicyclic amines) is 2. The highest BCUT2D eigenvalue weighted by molar-refractivity contribution is 5.82. The quantitative estimate of drug-likeness (QED) is 0.703. The Balaban J connectivity index is 1.66. The van der Waals surface area contributed by atoms with Gasteiger partial charge in [0.25, 0.3) is 0 Å². The fraction of sp³-hybridized carbons (Fsp3) is 0.625. The highest BCUT2D eigenvalue weighted by Gasteiger charge is 2.32. The highest BCUT2D eigenvalue weighted by atomic mass is 16.5. The molecule has 2 fully saturated rings. The van der Waals surface area contributed by atoms with Crippen LogP contribution in [-0.2, 0) is 14.3 Å². The van der Waals surface area contributed by atoms with E-state index in [4.69, 9.17) is 4.74 Å². The summed E-state index contributed by atoms with van der Waals surface area (Å²) in [7, 11) is 0. The van der Waals surface area contributed by atoms with E-state index in [1.54, 1.807) is 0 Å². The molecule has 2 saturated heterocycles. The van der Waals surface area contributed by atoms with Gasteiger partial charge in [-0.3, -0.25) is 9.59 Å². The molecule has 2 aliphatic heterocycles. The van der Waals surface area contributed by atoms with Gasteiger partial charge in [0.1, 0.15) is 0 Å². The first-order valence-electron chi connectivity index (χ1n) is 11.4. The zero-order valence-corrected chi connectivity index (χ0v) is 18.9. The topological polar surface area (TPSA) is 79.0 Å². The molecule has 0 aromatic heterocycles. The Morgan fingerprint density at radius 3 is 2.32 bits per heavy atom. The Morgan fingerprint density at radius 2 is 1.68 bits per heavy atom. The van der Waals surface area contributed by atoms with Crippen LogP contribution < -0.4 is 5.32 Å². The lowest BCUT2D eigenvalue weighted by Gasteiger charge is -2.35. The molecule has 0 radical (unpaired) electrons. The zero-order valence-electron chi connectivity index (χ0n) is 18.9. The number of amides is 3. The summed E-state index contributed by atoms with van der Waals surface area (Å²) < 4.78 is 5.31. The Morgan fingerprint density at radius 1 is 1.03 bits per heavy atom. The minimum Gasteiger partial charge on any atom is -0.463 e. The normalized spacial score (nSPS) is 19.9. The Bertz CT molecular complexity index is 772. The number of urea groups is 1. The van der Waals surface area contributed by atoms with Gasteiger partial charge in [-0.2, -0.15) is 0 Å². The number of nitrogens with one attached hydrogen (secondary N) is 1. The fourth-order valence-electron chi connectivity index (χ4n) is 4.29. The van der Waals surface area contributed by atoms with Crippen LogP contribution in [0.4, 0.5) is 4.79 Å². The van der Waals surface area contributed by atoms with Crippen LogP contribution in [-0.4, -0.2) is 60.0 Å². The second-order valence-corrected chi connectivity index (χ2v) is 8.98. The summed E-state index contributed by atoms with van der Waals surface area (Å²) in [5, 5.41) is 3.06. The van der Waals surface area contributed by atoms with E-state index in [9.17, 15) is 14.4 Å². The van der Waals surface area contributed by atoms with Crippen LogP contribution in [0, 0.1) is 12.8 Å². The number of aryl methyl sites for hydroxylation is 1. The highest BCUT2D eigenvalue weighted by Crippen LogP contribution is 2.23. The lowest BCUT2D eigenvalue weighted by molar-refractivity contribution is -0.148. The maximum atomic E-state index is 13.1. The maximum absolute atomic E-state index is 13.1. The van der Waals surface area contributed by atoms with E-state index in [0.717, 1.165) is 49.9 Å². The van der Waals surface area contributed by atoms with Gasteiger partial charge in [-0.25, -0.2) is 4.79 Å². The van der Waals surface area contributed by atoms with Crippen molar-refractivity contribution in [2.24, 2.45) is 5.92 Å². The molecular weight excluding hydrogens is 394 g/mol. The van der Waals surface area contributed by atoms with E-state index < -0.39 is 6.04 Å². The second kappa shape index (κ2) is 10.6. The molecule has 2 heterocycles. The number of nitrogens with zero attached hydrogens (tertiary/aromatic N) is 2. The second-order valence-electron chi connectivity index (χ2n) is 8.98. The summed E-state index contributed by atoms with van der Waals surface area (Å²) in [4.78, 5) is 41.9. The predicted molar refractivity (Wildman–Crippen MR) is 118 cm³/mol. The molecule has 2 aliphatic rings. The van der Waals surface area contributed by atoms with E-state index >= 15 is 0 Å². The van der Waals surface area contributed by atoms with Crippen LogP contribution in [0.15, 0.2) is 24.3 Å². The molecular formula is C24H35N3O4. The number of ether oxygens (including phenoxy) is 1. The monoisotopic (exact) mass is 429 g/mol. The predicted octanol–water partition coefficient (Wildman–Crippen LogP) is 3.42. The van der Waals surface area contributed by atoms with E-state index in [-0.39, 0.29) is 36.4 Å². The molecule has 7 heteroatoms. The molecule has 2 atom stereocenters. The third-order valence-electron chi connectivity index (χ3n) is 5.97. The van der Waals surface area contributed by atoms with Gasteiger partial charge in [-0.05, 0) is 52.0 Å². The van der Waals surface area contributed by atoms with Crippen LogP contribution in [0.5, 0.6) is 0 Å². The Kier molecular flexibility index (Phi) is 7.93. The first-order valence-corrected chi connectivity index (χ1v) is 11.4. The van der Waals surface area contributed by atoms with E-state index in [1.807, 2.05) is 54.8 Å². The third-order valence-corrected chi connectivity index (χ3v) is 5.97. The third kappa shape index (κ3) is 6.45. The number of hydrogen-bond donors (Lipinski definition) is 1. The fourth-order valence-corrected chi connectivity index (χ4v) is 4.29. The van der Waals surface area contributed by atoms with Crippen molar-refractivity contribution in [2.75, 3.05) is 26.2 Å². The molecule has 3 rings (SSSR count). The summed E-state index contributed by atoms with van der Waals surface area (Å²) in [6.45, 7) is 8.36. The number of hydrogen-bond acceptors (Lipinski definition) is 4. The molecule has 0 saturated carbocycles. The Hall–Kier alpha value is -2.57. The number of esters is 1. The zero-order chi connectivity index (χ0) is 22.4. The van der Waals surface area contributed by atoms with Crippen molar-refractivity contribution in [1.29, 1.82) is 0 Å². The van der Waals surface area contributed by atoms with Crippen LogP contribution in [0.2, 0.25) is 0 Å². The molecule has 1 aromatic carbocycles.